The molecule has 0 saturated heterocycles. The SMILES string of the molecule is CC1CCCC(NC(=O)Cc2ccc(-n3c(=S)[nH]c4ccccc4c3=O)cc2)C1C. The molecule has 1 aliphatic rings. The minimum Gasteiger partial charge on any atom is -0.353 e. The molecule has 3 aromatic rings. The molecule has 1 amide bonds. The molecule has 0 aliphatic heterocycles. The van der Waals surface area contributed by atoms with Crippen LogP contribution in [0.2, 0.25) is 0 Å². The van der Waals surface area contributed by atoms with Gasteiger partial charge >= 0.3 is 0 Å². The molecule has 6 heteroatoms. The van der Waals surface area contributed by atoms with Gasteiger partial charge in [-0.05, 0) is 60.3 Å². The van der Waals surface area contributed by atoms with Crippen molar-refractivity contribution in [1.29, 1.82) is 0 Å². The Balaban J connectivity index is 1.51. The van der Waals surface area contributed by atoms with Crippen LogP contribution in [0.3, 0.4) is 0 Å². The average Bonchev–Trinajstić information content (AvgIpc) is 2.73. The first-order chi connectivity index (χ1) is 14.4. The molecule has 1 saturated carbocycles. The Morgan fingerprint density at radius 1 is 1.13 bits per heavy atom. The molecule has 0 spiro atoms. The second-order valence-corrected chi connectivity index (χ2v) is 8.79. The zero-order valence-corrected chi connectivity index (χ0v) is 18.2. The number of amides is 1. The van der Waals surface area contributed by atoms with Gasteiger partial charge in [-0.15, -0.1) is 0 Å². The van der Waals surface area contributed by atoms with E-state index in [1.165, 1.54) is 17.4 Å². The number of rotatable bonds is 4. The fraction of sp³-hybridized carbons (Fsp3) is 0.375. The third-order valence-corrected chi connectivity index (χ3v) is 6.70. The number of carbonyl (C=O) groups excluding carboxylic acids is 1. The van der Waals surface area contributed by atoms with Crippen molar-refractivity contribution in [3.05, 3.63) is 69.2 Å². The van der Waals surface area contributed by atoms with Crippen molar-refractivity contribution < 1.29 is 4.79 Å². The van der Waals surface area contributed by atoms with Crippen LogP contribution in [-0.4, -0.2) is 21.5 Å². The van der Waals surface area contributed by atoms with Crippen LogP contribution in [0.5, 0.6) is 0 Å². The zero-order valence-electron chi connectivity index (χ0n) is 17.4. The highest BCUT2D eigenvalue weighted by molar-refractivity contribution is 7.71. The molecule has 1 aromatic heterocycles. The molecule has 3 atom stereocenters. The lowest BCUT2D eigenvalue weighted by atomic mass is 9.78. The first-order valence-corrected chi connectivity index (χ1v) is 11.0. The number of fused-ring (bicyclic) bond motifs is 1. The summed E-state index contributed by atoms with van der Waals surface area (Å²) in [6.45, 7) is 4.50. The molecule has 4 rings (SSSR count). The average molecular weight is 422 g/mol. The minimum atomic E-state index is -0.153. The van der Waals surface area contributed by atoms with Crippen molar-refractivity contribution in [3.63, 3.8) is 0 Å². The van der Waals surface area contributed by atoms with E-state index in [1.807, 2.05) is 42.5 Å². The summed E-state index contributed by atoms with van der Waals surface area (Å²) in [7, 11) is 0. The van der Waals surface area contributed by atoms with Gasteiger partial charge in [-0.1, -0.05) is 51.0 Å². The molecule has 30 heavy (non-hydrogen) atoms. The highest BCUT2D eigenvalue weighted by atomic mass is 32.1. The molecule has 0 bridgehead atoms. The van der Waals surface area contributed by atoms with Crippen molar-refractivity contribution in [2.24, 2.45) is 11.8 Å². The Bertz CT molecular complexity index is 1180. The van der Waals surface area contributed by atoms with Gasteiger partial charge in [-0.2, -0.15) is 0 Å². The van der Waals surface area contributed by atoms with Crippen LogP contribution in [0.25, 0.3) is 16.6 Å². The fourth-order valence-electron chi connectivity index (χ4n) is 4.39. The van der Waals surface area contributed by atoms with Crippen molar-refractivity contribution in [3.8, 4) is 5.69 Å². The summed E-state index contributed by atoms with van der Waals surface area (Å²) in [5.74, 6) is 1.20. The number of nitrogens with one attached hydrogen (secondary N) is 2. The summed E-state index contributed by atoms with van der Waals surface area (Å²) in [4.78, 5) is 28.6. The summed E-state index contributed by atoms with van der Waals surface area (Å²) in [6.07, 6.45) is 3.80. The van der Waals surface area contributed by atoms with Crippen molar-refractivity contribution in [2.75, 3.05) is 0 Å². The van der Waals surface area contributed by atoms with Gasteiger partial charge in [0.25, 0.3) is 5.56 Å². The minimum absolute atomic E-state index is 0.0499. The molecule has 1 heterocycles. The third kappa shape index (κ3) is 4.10. The number of para-hydroxylation sites is 1. The van der Waals surface area contributed by atoms with Gasteiger partial charge in [0.2, 0.25) is 5.91 Å². The molecule has 2 aromatic carbocycles. The standard InChI is InChI=1S/C24H27N3O2S/c1-15-6-5-9-20(16(15)2)25-22(28)14-17-10-12-18(13-11-17)27-23(29)19-7-3-4-8-21(19)26-24(27)30/h3-4,7-8,10-13,15-16,20H,5-6,9,14H2,1-2H3,(H,25,28)(H,26,30). The molecule has 3 unspecified atom stereocenters. The molecular formula is C24H27N3O2S. The van der Waals surface area contributed by atoms with E-state index in [0.29, 0.717) is 34.1 Å². The molecule has 2 N–H and O–H groups in total. The van der Waals surface area contributed by atoms with Crippen LogP contribution in [0.4, 0.5) is 0 Å². The Labute approximate surface area is 181 Å². The highest BCUT2D eigenvalue weighted by Gasteiger charge is 2.28. The van der Waals surface area contributed by atoms with E-state index < -0.39 is 0 Å². The summed E-state index contributed by atoms with van der Waals surface area (Å²) in [5, 5.41) is 3.80. The maximum atomic E-state index is 12.9. The van der Waals surface area contributed by atoms with E-state index in [0.717, 1.165) is 17.5 Å². The molecular weight excluding hydrogens is 394 g/mol. The van der Waals surface area contributed by atoms with Crippen LogP contribution >= 0.6 is 12.2 Å². The molecule has 1 fully saturated rings. The second-order valence-electron chi connectivity index (χ2n) is 8.40. The summed E-state index contributed by atoms with van der Waals surface area (Å²) >= 11 is 5.41. The summed E-state index contributed by atoms with van der Waals surface area (Å²) in [5.41, 5.74) is 2.17. The van der Waals surface area contributed by atoms with Crippen molar-refractivity contribution >= 4 is 29.0 Å². The smallest absolute Gasteiger partial charge is 0.266 e. The topological polar surface area (TPSA) is 66.9 Å². The Morgan fingerprint density at radius 2 is 1.87 bits per heavy atom. The maximum absolute atomic E-state index is 12.9. The monoisotopic (exact) mass is 421 g/mol. The van der Waals surface area contributed by atoms with Gasteiger partial charge in [0.05, 0.1) is 23.0 Å². The zero-order chi connectivity index (χ0) is 21.3. The summed E-state index contributed by atoms with van der Waals surface area (Å²) < 4.78 is 1.84. The van der Waals surface area contributed by atoms with Crippen LogP contribution in [0.1, 0.15) is 38.7 Å². The van der Waals surface area contributed by atoms with E-state index in [1.54, 1.807) is 6.07 Å². The first kappa shape index (κ1) is 20.5. The number of benzene rings is 2. The number of nitrogens with zero attached hydrogens (tertiary/aromatic N) is 1. The van der Waals surface area contributed by atoms with Gasteiger partial charge < -0.3 is 10.3 Å². The number of aromatic amines is 1. The number of hydrogen-bond acceptors (Lipinski definition) is 3. The molecule has 156 valence electrons. The van der Waals surface area contributed by atoms with E-state index >= 15 is 0 Å². The Kier molecular flexibility index (Phi) is 5.86. The quantitative estimate of drug-likeness (QED) is 0.608. The van der Waals surface area contributed by atoms with E-state index in [9.17, 15) is 9.59 Å². The number of H-pyrrole nitrogens is 1. The van der Waals surface area contributed by atoms with E-state index in [-0.39, 0.29) is 17.5 Å². The van der Waals surface area contributed by atoms with Crippen LogP contribution < -0.4 is 10.9 Å². The number of hydrogen-bond donors (Lipinski definition) is 2. The largest absolute Gasteiger partial charge is 0.353 e. The van der Waals surface area contributed by atoms with Gasteiger partial charge in [-0.3, -0.25) is 14.2 Å². The van der Waals surface area contributed by atoms with E-state index in [4.69, 9.17) is 12.2 Å². The van der Waals surface area contributed by atoms with E-state index in [2.05, 4.69) is 24.1 Å². The van der Waals surface area contributed by atoms with Crippen LogP contribution in [-0.2, 0) is 11.2 Å². The Morgan fingerprint density at radius 3 is 2.63 bits per heavy atom. The lowest BCUT2D eigenvalue weighted by molar-refractivity contribution is -0.121. The van der Waals surface area contributed by atoms with Crippen molar-refractivity contribution in [2.45, 2.75) is 45.6 Å². The van der Waals surface area contributed by atoms with Crippen LogP contribution in [0.15, 0.2) is 53.3 Å². The molecule has 0 radical (unpaired) electrons. The summed E-state index contributed by atoms with van der Waals surface area (Å²) in [6, 6.07) is 15.0. The fourth-order valence-corrected chi connectivity index (χ4v) is 4.69. The predicted octanol–water partition coefficient (Wildman–Crippen LogP) is 4.53. The van der Waals surface area contributed by atoms with Gasteiger partial charge in [0, 0.05) is 6.04 Å². The predicted molar refractivity (Wildman–Crippen MR) is 123 cm³/mol. The first-order valence-electron chi connectivity index (χ1n) is 10.6. The highest BCUT2D eigenvalue weighted by Crippen LogP contribution is 2.29. The van der Waals surface area contributed by atoms with Gasteiger partial charge in [0.1, 0.15) is 0 Å². The molecule has 1 aliphatic carbocycles. The van der Waals surface area contributed by atoms with Crippen LogP contribution in [0, 0.1) is 16.6 Å². The lowest BCUT2D eigenvalue weighted by Gasteiger charge is -2.34. The Hall–Kier alpha value is -2.73. The second kappa shape index (κ2) is 8.56. The van der Waals surface area contributed by atoms with Gasteiger partial charge in [0.15, 0.2) is 4.77 Å². The van der Waals surface area contributed by atoms with Gasteiger partial charge in [-0.25, -0.2) is 0 Å². The van der Waals surface area contributed by atoms with Crippen molar-refractivity contribution in [1.82, 2.24) is 14.9 Å². The lowest BCUT2D eigenvalue weighted by Crippen LogP contribution is -2.44. The number of carbonyl (C=O) groups is 1. The molecule has 5 nitrogen and oxygen atoms in total. The number of aromatic nitrogens is 2. The normalized spacial score (nSPS) is 21.5. The third-order valence-electron chi connectivity index (χ3n) is 6.42. The maximum Gasteiger partial charge on any atom is 0.266 e.